The molecule has 3 nitrogen and oxygen atoms in total. The van der Waals surface area contributed by atoms with Gasteiger partial charge >= 0.3 is 0 Å². The van der Waals surface area contributed by atoms with Gasteiger partial charge in [-0.05, 0) is 30.4 Å². The first-order chi connectivity index (χ1) is 9.34. The summed E-state index contributed by atoms with van der Waals surface area (Å²) in [5.41, 5.74) is 8.77. The molecule has 0 spiro atoms. The highest BCUT2D eigenvalue weighted by Crippen LogP contribution is 2.23. The van der Waals surface area contributed by atoms with E-state index in [1.807, 2.05) is 13.8 Å². The number of hydrogen-bond donors (Lipinski definition) is 1. The van der Waals surface area contributed by atoms with E-state index in [4.69, 9.17) is 15.2 Å². The van der Waals surface area contributed by atoms with Crippen LogP contribution >= 0.6 is 0 Å². The van der Waals surface area contributed by atoms with Crippen LogP contribution in [0.25, 0.3) is 0 Å². The number of ether oxygens (including phenoxy) is 2. The Morgan fingerprint density at radius 2 is 1.70 bits per heavy atom. The van der Waals surface area contributed by atoms with Gasteiger partial charge in [0.15, 0.2) is 0 Å². The van der Waals surface area contributed by atoms with Gasteiger partial charge in [0.05, 0.1) is 25.4 Å². The summed E-state index contributed by atoms with van der Waals surface area (Å²) in [5.74, 6) is 0. The highest BCUT2D eigenvalue weighted by atomic mass is 16.5. The van der Waals surface area contributed by atoms with E-state index in [0.717, 1.165) is 5.56 Å². The zero-order valence-electron chi connectivity index (χ0n) is 13.5. The molecule has 0 aromatic heterocycles. The first-order valence-electron chi connectivity index (χ1n) is 7.40. The third-order valence-corrected chi connectivity index (χ3v) is 3.32. The topological polar surface area (TPSA) is 44.5 Å². The van der Waals surface area contributed by atoms with Gasteiger partial charge in [0, 0.05) is 6.61 Å². The Labute approximate surface area is 123 Å². The molecule has 3 heteroatoms. The molecule has 114 valence electrons. The minimum atomic E-state index is -0.0897. The Morgan fingerprint density at radius 3 is 2.20 bits per heavy atom. The van der Waals surface area contributed by atoms with Crippen LogP contribution in [-0.2, 0) is 14.9 Å². The second-order valence-corrected chi connectivity index (χ2v) is 6.28. The lowest BCUT2D eigenvalue weighted by atomic mass is 9.86. The molecule has 0 aliphatic heterocycles. The summed E-state index contributed by atoms with van der Waals surface area (Å²) in [6, 6.07) is 8.41. The number of rotatable bonds is 7. The molecule has 2 unspecified atom stereocenters. The van der Waals surface area contributed by atoms with Crippen LogP contribution in [0.5, 0.6) is 0 Å². The summed E-state index contributed by atoms with van der Waals surface area (Å²) in [6.07, 6.45) is 0.0786. The zero-order chi connectivity index (χ0) is 15.2. The van der Waals surface area contributed by atoms with Crippen molar-refractivity contribution in [1.29, 1.82) is 0 Å². The van der Waals surface area contributed by atoms with Crippen molar-refractivity contribution in [3.05, 3.63) is 35.4 Å². The second kappa shape index (κ2) is 7.77. The molecule has 1 aromatic rings. The predicted molar refractivity (Wildman–Crippen MR) is 84.0 cm³/mol. The summed E-state index contributed by atoms with van der Waals surface area (Å²) in [7, 11) is 0. The van der Waals surface area contributed by atoms with Crippen molar-refractivity contribution in [1.82, 2.24) is 0 Å². The van der Waals surface area contributed by atoms with Crippen molar-refractivity contribution < 1.29 is 9.47 Å². The maximum Gasteiger partial charge on any atom is 0.0781 e. The van der Waals surface area contributed by atoms with E-state index in [1.54, 1.807) is 0 Å². The standard InChI is InChI=1S/C17H29NO2/c1-6-19-11-13(2)20-12-16(18)14-7-9-15(10-8-14)17(3,4)5/h7-10,13,16H,6,11-12,18H2,1-5H3. The Kier molecular flexibility index (Phi) is 6.66. The highest BCUT2D eigenvalue weighted by Gasteiger charge is 2.14. The number of hydrogen-bond acceptors (Lipinski definition) is 3. The molecule has 0 radical (unpaired) electrons. The molecular weight excluding hydrogens is 250 g/mol. The van der Waals surface area contributed by atoms with E-state index in [-0.39, 0.29) is 17.6 Å². The maximum absolute atomic E-state index is 6.17. The molecule has 2 atom stereocenters. The summed E-state index contributed by atoms with van der Waals surface area (Å²) in [4.78, 5) is 0. The first kappa shape index (κ1) is 17.2. The minimum absolute atomic E-state index is 0.0786. The van der Waals surface area contributed by atoms with Crippen LogP contribution in [0.2, 0.25) is 0 Å². The van der Waals surface area contributed by atoms with Gasteiger partial charge in [0.25, 0.3) is 0 Å². The molecular formula is C17H29NO2. The van der Waals surface area contributed by atoms with Crippen molar-refractivity contribution in [2.75, 3.05) is 19.8 Å². The molecule has 1 aromatic carbocycles. The monoisotopic (exact) mass is 279 g/mol. The van der Waals surface area contributed by atoms with E-state index in [1.165, 1.54) is 5.56 Å². The largest absolute Gasteiger partial charge is 0.379 e. The third-order valence-electron chi connectivity index (χ3n) is 3.32. The molecule has 0 fully saturated rings. The van der Waals surface area contributed by atoms with Crippen molar-refractivity contribution in [2.45, 2.75) is 52.2 Å². The fourth-order valence-corrected chi connectivity index (χ4v) is 1.93. The SMILES string of the molecule is CCOCC(C)OCC(N)c1ccc(C(C)(C)C)cc1. The van der Waals surface area contributed by atoms with E-state index in [9.17, 15) is 0 Å². The number of nitrogens with two attached hydrogens (primary N) is 1. The lowest BCUT2D eigenvalue weighted by Crippen LogP contribution is -2.23. The molecule has 0 bridgehead atoms. The Balaban J connectivity index is 2.49. The third kappa shape index (κ3) is 5.61. The van der Waals surface area contributed by atoms with Crippen LogP contribution < -0.4 is 5.73 Å². The molecule has 0 saturated heterocycles. The summed E-state index contributed by atoms with van der Waals surface area (Å²) >= 11 is 0. The fraction of sp³-hybridized carbons (Fsp3) is 0.647. The summed E-state index contributed by atoms with van der Waals surface area (Å²) < 4.78 is 11.0. The molecule has 1 rings (SSSR count). The molecule has 0 aliphatic carbocycles. The van der Waals surface area contributed by atoms with Crippen LogP contribution in [0.1, 0.15) is 51.8 Å². The van der Waals surface area contributed by atoms with Gasteiger partial charge in [-0.25, -0.2) is 0 Å². The quantitative estimate of drug-likeness (QED) is 0.831. The molecule has 0 heterocycles. The lowest BCUT2D eigenvalue weighted by Gasteiger charge is -2.21. The Morgan fingerprint density at radius 1 is 1.10 bits per heavy atom. The average molecular weight is 279 g/mol. The van der Waals surface area contributed by atoms with Crippen molar-refractivity contribution in [2.24, 2.45) is 5.73 Å². The Bertz CT molecular complexity index is 381. The van der Waals surface area contributed by atoms with E-state index in [2.05, 4.69) is 45.0 Å². The first-order valence-corrected chi connectivity index (χ1v) is 7.40. The van der Waals surface area contributed by atoms with E-state index < -0.39 is 0 Å². The molecule has 0 aliphatic rings. The van der Waals surface area contributed by atoms with E-state index in [0.29, 0.717) is 19.8 Å². The van der Waals surface area contributed by atoms with Gasteiger partial charge < -0.3 is 15.2 Å². The van der Waals surface area contributed by atoms with Gasteiger partial charge in [-0.15, -0.1) is 0 Å². The van der Waals surface area contributed by atoms with Crippen LogP contribution in [-0.4, -0.2) is 25.9 Å². The normalized spacial score (nSPS) is 15.1. The molecule has 2 N–H and O–H groups in total. The van der Waals surface area contributed by atoms with Crippen LogP contribution in [0.3, 0.4) is 0 Å². The van der Waals surface area contributed by atoms with Crippen molar-refractivity contribution >= 4 is 0 Å². The molecule has 0 amide bonds. The predicted octanol–water partition coefficient (Wildman–Crippen LogP) is 3.43. The van der Waals surface area contributed by atoms with E-state index >= 15 is 0 Å². The summed E-state index contributed by atoms with van der Waals surface area (Å²) in [6.45, 7) is 12.5. The van der Waals surface area contributed by atoms with Gasteiger partial charge in [-0.2, -0.15) is 0 Å². The van der Waals surface area contributed by atoms with Crippen LogP contribution in [0, 0.1) is 0 Å². The van der Waals surface area contributed by atoms with Gasteiger partial charge in [-0.3, -0.25) is 0 Å². The van der Waals surface area contributed by atoms with Gasteiger partial charge in [0.1, 0.15) is 0 Å². The smallest absolute Gasteiger partial charge is 0.0781 e. The minimum Gasteiger partial charge on any atom is -0.379 e. The van der Waals surface area contributed by atoms with Crippen LogP contribution in [0.4, 0.5) is 0 Å². The lowest BCUT2D eigenvalue weighted by molar-refractivity contribution is -0.00835. The highest BCUT2D eigenvalue weighted by molar-refractivity contribution is 5.29. The summed E-state index contributed by atoms with van der Waals surface area (Å²) in [5, 5.41) is 0. The number of benzene rings is 1. The fourth-order valence-electron chi connectivity index (χ4n) is 1.93. The average Bonchev–Trinajstić information content (AvgIpc) is 2.41. The Hall–Kier alpha value is -0.900. The van der Waals surface area contributed by atoms with Crippen molar-refractivity contribution in [3.8, 4) is 0 Å². The van der Waals surface area contributed by atoms with Crippen molar-refractivity contribution in [3.63, 3.8) is 0 Å². The van der Waals surface area contributed by atoms with Crippen LogP contribution in [0.15, 0.2) is 24.3 Å². The van der Waals surface area contributed by atoms with Gasteiger partial charge in [-0.1, -0.05) is 45.0 Å². The molecule has 20 heavy (non-hydrogen) atoms. The maximum atomic E-state index is 6.17. The van der Waals surface area contributed by atoms with Gasteiger partial charge in [0.2, 0.25) is 0 Å². The molecule has 0 saturated carbocycles. The second-order valence-electron chi connectivity index (χ2n) is 6.28. The zero-order valence-corrected chi connectivity index (χ0v) is 13.5.